The lowest BCUT2D eigenvalue weighted by molar-refractivity contribution is 0.481. The molecular formula is C17H19BrClNO. The van der Waals surface area contributed by atoms with Crippen LogP contribution in [0.15, 0.2) is 46.9 Å². The number of hydrogen-bond donors (Lipinski definition) is 1. The number of benzene rings is 2. The van der Waals surface area contributed by atoms with E-state index in [0.29, 0.717) is 16.8 Å². The molecule has 0 aliphatic rings. The van der Waals surface area contributed by atoms with E-state index < -0.39 is 0 Å². The highest BCUT2D eigenvalue weighted by Crippen LogP contribution is 2.32. The van der Waals surface area contributed by atoms with Crippen LogP contribution in [0.25, 0.3) is 0 Å². The van der Waals surface area contributed by atoms with Gasteiger partial charge in [0.05, 0.1) is 5.02 Å². The van der Waals surface area contributed by atoms with E-state index in [1.54, 1.807) is 0 Å². The summed E-state index contributed by atoms with van der Waals surface area (Å²) in [5.41, 5.74) is 1.27. The lowest BCUT2D eigenvalue weighted by Gasteiger charge is -2.16. The van der Waals surface area contributed by atoms with Crippen LogP contribution in [-0.4, -0.2) is 6.54 Å². The number of ether oxygens (including phenoxy) is 1. The van der Waals surface area contributed by atoms with Crippen LogP contribution in [-0.2, 0) is 0 Å². The topological polar surface area (TPSA) is 21.3 Å². The number of hydrogen-bond acceptors (Lipinski definition) is 2. The van der Waals surface area contributed by atoms with Crippen LogP contribution in [0.5, 0.6) is 11.5 Å². The predicted octanol–water partition coefficient (Wildman–Crippen LogP) is 5.96. The second-order valence-electron chi connectivity index (χ2n) is 4.76. The third-order valence-electron chi connectivity index (χ3n) is 3.26. The van der Waals surface area contributed by atoms with E-state index in [4.69, 9.17) is 16.3 Å². The summed E-state index contributed by atoms with van der Waals surface area (Å²) in [5.74, 6) is 1.45. The first-order valence-electron chi connectivity index (χ1n) is 7.10. The van der Waals surface area contributed by atoms with Gasteiger partial charge in [0.15, 0.2) is 0 Å². The first-order valence-corrected chi connectivity index (χ1v) is 8.27. The van der Waals surface area contributed by atoms with Gasteiger partial charge in [-0.2, -0.15) is 0 Å². The normalized spacial score (nSPS) is 12.2. The molecule has 2 nitrogen and oxygen atoms in total. The molecule has 0 fully saturated rings. The van der Waals surface area contributed by atoms with E-state index in [1.807, 2.05) is 30.3 Å². The van der Waals surface area contributed by atoms with Crippen molar-refractivity contribution in [3.8, 4) is 11.5 Å². The zero-order chi connectivity index (χ0) is 15.2. The highest BCUT2D eigenvalue weighted by atomic mass is 79.9. The molecule has 0 heterocycles. The van der Waals surface area contributed by atoms with Gasteiger partial charge in [-0.25, -0.2) is 0 Å². The van der Waals surface area contributed by atoms with Gasteiger partial charge in [0, 0.05) is 10.5 Å². The Bertz CT molecular complexity index is 586. The van der Waals surface area contributed by atoms with E-state index in [1.165, 1.54) is 5.56 Å². The Labute approximate surface area is 139 Å². The molecule has 0 saturated heterocycles. The molecule has 0 bridgehead atoms. The second-order valence-corrected chi connectivity index (χ2v) is 6.09. The fraction of sp³-hybridized carbons (Fsp3) is 0.294. The first-order chi connectivity index (χ1) is 10.1. The van der Waals surface area contributed by atoms with Gasteiger partial charge in [0.1, 0.15) is 11.5 Å². The van der Waals surface area contributed by atoms with Crippen molar-refractivity contribution in [3.05, 3.63) is 57.5 Å². The summed E-state index contributed by atoms with van der Waals surface area (Å²) < 4.78 is 6.76. The molecule has 0 aliphatic carbocycles. The monoisotopic (exact) mass is 367 g/mol. The maximum Gasteiger partial charge on any atom is 0.146 e. The maximum atomic E-state index is 6.16. The van der Waals surface area contributed by atoms with Crippen molar-refractivity contribution in [1.82, 2.24) is 5.32 Å². The zero-order valence-electron chi connectivity index (χ0n) is 12.2. The third-order valence-corrected chi connectivity index (χ3v) is 4.05. The molecule has 2 aromatic rings. The molecule has 1 atom stereocenters. The van der Waals surface area contributed by atoms with Gasteiger partial charge in [-0.15, -0.1) is 0 Å². The smallest absolute Gasteiger partial charge is 0.146 e. The molecule has 21 heavy (non-hydrogen) atoms. The minimum absolute atomic E-state index is 0.389. The minimum atomic E-state index is 0.389. The van der Waals surface area contributed by atoms with E-state index >= 15 is 0 Å². The molecule has 0 saturated carbocycles. The van der Waals surface area contributed by atoms with Crippen molar-refractivity contribution in [1.29, 1.82) is 0 Å². The predicted molar refractivity (Wildman–Crippen MR) is 92.4 cm³/mol. The Hall–Kier alpha value is -1.03. The molecule has 1 N–H and O–H groups in total. The highest BCUT2D eigenvalue weighted by molar-refractivity contribution is 9.10. The average molecular weight is 369 g/mol. The largest absolute Gasteiger partial charge is 0.456 e. The van der Waals surface area contributed by atoms with Crippen molar-refractivity contribution in [2.75, 3.05) is 6.54 Å². The van der Waals surface area contributed by atoms with Crippen LogP contribution in [0.3, 0.4) is 0 Å². The van der Waals surface area contributed by atoms with Crippen molar-refractivity contribution >= 4 is 27.5 Å². The van der Waals surface area contributed by atoms with Crippen LogP contribution < -0.4 is 10.1 Å². The number of rotatable bonds is 6. The molecule has 0 spiro atoms. The molecule has 0 aliphatic heterocycles. The van der Waals surface area contributed by atoms with Crippen LogP contribution in [0.1, 0.15) is 31.9 Å². The van der Waals surface area contributed by atoms with E-state index in [0.717, 1.165) is 23.2 Å². The first kappa shape index (κ1) is 16.3. The van der Waals surface area contributed by atoms with Gasteiger partial charge in [-0.1, -0.05) is 53.5 Å². The van der Waals surface area contributed by atoms with Crippen molar-refractivity contribution in [2.24, 2.45) is 0 Å². The number of halogens is 2. The summed E-state index contributed by atoms with van der Waals surface area (Å²) in [7, 11) is 0. The third kappa shape index (κ3) is 4.47. The summed E-state index contributed by atoms with van der Waals surface area (Å²) in [6.07, 6.45) is 1.06. The van der Waals surface area contributed by atoms with Crippen molar-refractivity contribution in [3.63, 3.8) is 0 Å². The molecule has 4 heteroatoms. The molecule has 2 rings (SSSR count). The minimum Gasteiger partial charge on any atom is -0.456 e. The molecule has 112 valence electrons. The fourth-order valence-corrected chi connectivity index (χ4v) is 2.91. The number of nitrogens with one attached hydrogen (secondary N) is 1. The van der Waals surface area contributed by atoms with Gasteiger partial charge in [-0.05, 0) is 48.9 Å². The van der Waals surface area contributed by atoms with Crippen LogP contribution in [0.4, 0.5) is 0 Å². The highest BCUT2D eigenvalue weighted by Gasteiger charge is 2.08. The SMILES string of the molecule is CCNC(CC)c1ccc(Oc2ccc(Br)cc2Cl)cc1. The zero-order valence-corrected chi connectivity index (χ0v) is 14.5. The molecule has 0 amide bonds. The van der Waals surface area contributed by atoms with Gasteiger partial charge in [0.2, 0.25) is 0 Å². The van der Waals surface area contributed by atoms with Crippen LogP contribution in [0, 0.1) is 0 Å². The van der Waals surface area contributed by atoms with Gasteiger partial charge < -0.3 is 10.1 Å². The summed E-state index contributed by atoms with van der Waals surface area (Å²) >= 11 is 9.54. The van der Waals surface area contributed by atoms with Gasteiger partial charge in [-0.3, -0.25) is 0 Å². The van der Waals surface area contributed by atoms with Crippen molar-refractivity contribution < 1.29 is 4.74 Å². The maximum absolute atomic E-state index is 6.16. The lowest BCUT2D eigenvalue weighted by Crippen LogP contribution is -2.19. The lowest BCUT2D eigenvalue weighted by atomic mass is 10.0. The summed E-state index contributed by atoms with van der Waals surface area (Å²) in [4.78, 5) is 0. The summed E-state index contributed by atoms with van der Waals surface area (Å²) in [6.45, 7) is 5.26. The van der Waals surface area contributed by atoms with Gasteiger partial charge >= 0.3 is 0 Å². The Morgan fingerprint density at radius 2 is 1.86 bits per heavy atom. The summed E-state index contributed by atoms with van der Waals surface area (Å²) in [6, 6.07) is 14.1. The second kappa shape index (κ2) is 7.83. The fourth-order valence-electron chi connectivity index (χ4n) is 2.20. The van der Waals surface area contributed by atoms with E-state index in [2.05, 4.69) is 47.2 Å². The van der Waals surface area contributed by atoms with Crippen LogP contribution in [0.2, 0.25) is 5.02 Å². The molecule has 0 radical (unpaired) electrons. The molecule has 1 unspecified atom stereocenters. The Morgan fingerprint density at radius 3 is 2.43 bits per heavy atom. The van der Waals surface area contributed by atoms with Gasteiger partial charge in [0.25, 0.3) is 0 Å². The quantitative estimate of drug-likeness (QED) is 0.679. The Morgan fingerprint density at radius 1 is 1.14 bits per heavy atom. The molecule has 0 aromatic heterocycles. The average Bonchev–Trinajstić information content (AvgIpc) is 2.48. The molecule has 2 aromatic carbocycles. The Balaban J connectivity index is 2.11. The van der Waals surface area contributed by atoms with Crippen LogP contribution >= 0.6 is 27.5 Å². The Kier molecular flexibility index (Phi) is 6.09. The standard InChI is InChI=1S/C17H19BrClNO/c1-3-16(20-4-2)12-5-8-14(9-6-12)21-17-10-7-13(18)11-15(17)19/h5-11,16,20H,3-4H2,1-2H3. The van der Waals surface area contributed by atoms with E-state index in [9.17, 15) is 0 Å². The van der Waals surface area contributed by atoms with E-state index in [-0.39, 0.29) is 0 Å². The molecular weight excluding hydrogens is 350 g/mol. The summed E-state index contributed by atoms with van der Waals surface area (Å²) in [5, 5.41) is 4.06. The van der Waals surface area contributed by atoms with Crippen molar-refractivity contribution in [2.45, 2.75) is 26.3 Å².